The van der Waals surface area contributed by atoms with Crippen LogP contribution in [-0.2, 0) is 22.2 Å². The first-order chi connectivity index (χ1) is 15.3. The number of nitrogens with two attached hydrogens (primary N) is 1. The summed E-state index contributed by atoms with van der Waals surface area (Å²) in [5, 5.41) is 8.04. The van der Waals surface area contributed by atoms with Gasteiger partial charge in [0.15, 0.2) is 0 Å². The van der Waals surface area contributed by atoms with Gasteiger partial charge in [-0.25, -0.2) is 18.5 Å². The number of hydrogen-bond acceptors (Lipinski definition) is 5. The number of pyridine rings is 1. The second-order valence-electron chi connectivity index (χ2n) is 7.19. The molecule has 1 amide bonds. The molecule has 4 aromatic rings. The third-order valence-corrected chi connectivity index (χ3v) is 6.97. The smallest absolute Gasteiger partial charge is 0.255 e. The number of rotatable bonds is 7. The van der Waals surface area contributed by atoms with Crippen LogP contribution in [-0.4, -0.2) is 23.7 Å². The molecule has 0 fully saturated rings. The number of sulfonamides is 1. The summed E-state index contributed by atoms with van der Waals surface area (Å²) in [6.45, 7) is 1.84. The Morgan fingerprint density at radius 1 is 1.12 bits per heavy atom. The minimum absolute atomic E-state index is 0.0245. The molecule has 0 radical (unpaired) electrons. The highest BCUT2D eigenvalue weighted by atomic mass is 32.2. The number of hydrogen-bond donors (Lipinski definition) is 2. The van der Waals surface area contributed by atoms with Gasteiger partial charge in [0.05, 0.1) is 10.6 Å². The molecule has 7 nitrogen and oxygen atoms in total. The number of fused-ring (bicyclic) bond motifs is 1. The summed E-state index contributed by atoms with van der Waals surface area (Å²) in [7, 11) is -3.87. The normalized spacial score (nSPS) is 11.6. The molecule has 164 valence electrons. The number of nitrogens with one attached hydrogen (secondary N) is 1. The zero-order valence-corrected chi connectivity index (χ0v) is 19.0. The van der Waals surface area contributed by atoms with E-state index >= 15 is 0 Å². The van der Waals surface area contributed by atoms with Crippen molar-refractivity contribution in [3.63, 3.8) is 0 Å². The van der Waals surface area contributed by atoms with Gasteiger partial charge in [-0.2, -0.15) is 0 Å². The maximum Gasteiger partial charge on any atom is 0.255 e. The van der Waals surface area contributed by atoms with Gasteiger partial charge in [0.25, 0.3) is 5.91 Å². The van der Waals surface area contributed by atoms with Crippen LogP contribution >= 0.6 is 11.8 Å². The van der Waals surface area contributed by atoms with Crippen molar-refractivity contribution in [2.75, 3.05) is 5.32 Å². The van der Waals surface area contributed by atoms with Gasteiger partial charge in [-0.05, 0) is 60.5 Å². The molecule has 0 atom stereocenters. The van der Waals surface area contributed by atoms with Crippen molar-refractivity contribution in [2.24, 2.45) is 5.14 Å². The van der Waals surface area contributed by atoms with Crippen LogP contribution in [0.4, 0.5) is 5.69 Å². The van der Waals surface area contributed by atoms with Crippen LogP contribution in [0, 0.1) is 0 Å². The van der Waals surface area contributed by atoms with Gasteiger partial charge in [0.1, 0.15) is 5.65 Å². The monoisotopic (exact) mass is 466 g/mol. The summed E-state index contributed by atoms with van der Waals surface area (Å²) < 4.78 is 25.6. The Kier molecular flexibility index (Phi) is 6.31. The minimum atomic E-state index is -3.87. The maximum absolute atomic E-state index is 12.6. The fourth-order valence-corrected chi connectivity index (χ4v) is 4.96. The van der Waals surface area contributed by atoms with Crippen LogP contribution in [0.5, 0.6) is 0 Å². The molecule has 9 heteroatoms. The Bertz CT molecular complexity index is 1350. The number of benzene rings is 2. The number of anilines is 1. The van der Waals surface area contributed by atoms with E-state index in [0.717, 1.165) is 16.2 Å². The Morgan fingerprint density at radius 2 is 1.91 bits per heavy atom. The third-order valence-electron chi connectivity index (χ3n) is 4.93. The van der Waals surface area contributed by atoms with E-state index in [9.17, 15) is 13.2 Å². The number of carbonyl (C=O) groups is 1. The maximum atomic E-state index is 12.6. The molecule has 2 aromatic heterocycles. The third kappa shape index (κ3) is 5.01. The number of thioether (sulfide) groups is 1. The van der Waals surface area contributed by atoms with Crippen molar-refractivity contribution in [2.45, 2.75) is 28.9 Å². The number of carbonyl (C=O) groups excluding carboxylic acids is 1. The summed E-state index contributed by atoms with van der Waals surface area (Å²) in [5.74, 6) is 0.388. The van der Waals surface area contributed by atoms with E-state index in [1.54, 1.807) is 36.0 Å². The molecule has 4 rings (SSSR count). The van der Waals surface area contributed by atoms with Gasteiger partial charge < -0.3 is 9.72 Å². The zero-order valence-electron chi connectivity index (χ0n) is 17.4. The van der Waals surface area contributed by atoms with Gasteiger partial charge >= 0.3 is 0 Å². The first-order valence-electron chi connectivity index (χ1n) is 9.96. The first-order valence-corrected chi connectivity index (χ1v) is 12.5. The predicted octanol–water partition coefficient (Wildman–Crippen LogP) is 4.09. The quantitative estimate of drug-likeness (QED) is 0.399. The molecule has 0 saturated heterocycles. The highest BCUT2D eigenvalue weighted by Crippen LogP contribution is 2.24. The minimum Gasteiger partial charge on any atom is -0.322 e. The molecular weight excluding hydrogens is 444 g/mol. The van der Waals surface area contributed by atoms with Crippen LogP contribution < -0.4 is 10.5 Å². The van der Waals surface area contributed by atoms with Gasteiger partial charge in [-0.3, -0.25) is 4.79 Å². The molecule has 3 N–H and O–H groups in total. The molecule has 0 saturated carbocycles. The number of aromatic nitrogens is 2. The molecule has 0 aliphatic carbocycles. The lowest BCUT2D eigenvalue weighted by Crippen LogP contribution is -2.16. The molecule has 0 spiro atoms. The van der Waals surface area contributed by atoms with Crippen molar-refractivity contribution in [3.8, 4) is 0 Å². The van der Waals surface area contributed by atoms with E-state index in [0.29, 0.717) is 29.0 Å². The Labute approximate surface area is 190 Å². The molecular formula is C23H22N4O3S2. The average Bonchev–Trinajstić information content (AvgIpc) is 3.20. The lowest BCUT2D eigenvalue weighted by molar-refractivity contribution is 0.102. The van der Waals surface area contributed by atoms with E-state index in [4.69, 9.17) is 5.14 Å². The van der Waals surface area contributed by atoms with Crippen LogP contribution in [0.2, 0.25) is 0 Å². The van der Waals surface area contributed by atoms with Crippen molar-refractivity contribution in [1.29, 1.82) is 0 Å². The van der Waals surface area contributed by atoms with Crippen molar-refractivity contribution < 1.29 is 13.2 Å². The molecule has 0 aliphatic rings. The van der Waals surface area contributed by atoms with Gasteiger partial charge in [0.2, 0.25) is 10.0 Å². The summed E-state index contributed by atoms with van der Waals surface area (Å²) in [6.07, 6.45) is 4.49. The highest BCUT2D eigenvalue weighted by Gasteiger charge is 2.15. The number of primary sulfonamides is 1. The fourth-order valence-electron chi connectivity index (χ4n) is 3.31. The van der Waals surface area contributed by atoms with Crippen LogP contribution in [0.15, 0.2) is 82.8 Å². The molecule has 2 heterocycles. The zero-order chi connectivity index (χ0) is 22.7. The van der Waals surface area contributed by atoms with Gasteiger partial charge in [-0.15, -0.1) is 11.8 Å². The van der Waals surface area contributed by atoms with E-state index in [1.165, 1.54) is 6.07 Å². The topological polar surface area (TPSA) is 107 Å². The molecule has 0 unspecified atom stereocenters. The Balaban J connectivity index is 1.42. The van der Waals surface area contributed by atoms with E-state index in [2.05, 4.69) is 10.3 Å². The lowest BCUT2D eigenvalue weighted by Gasteiger charge is -2.10. The van der Waals surface area contributed by atoms with E-state index in [1.807, 2.05) is 54.0 Å². The van der Waals surface area contributed by atoms with Crippen molar-refractivity contribution >= 4 is 39.0 Å². The van der Waals surface area contributed by atoms with Crippen molar-refractivity contribution in [1.82, 2.24) is 9.38 Å². The first kappa shape index (κ1) is 22.1. The summed E-state index contributed by atoms with van der Waals surface area (Å²) in [5.41, 5.74) is 3.34. The summed E-state index contributed by atoms with van der Waals surface area (Å²) >= 11 is 1.63. The molecule has 32 heavy (non-hydrogen) atoms. The van der Waals surface area contributed by atoms with Gasteiger partial charge in [-0.1, -0.05) is 19.1 Å². The highest BCUT2D eigenvalue weighted by molar-refractivity contribution is 7.98. The summed E-state index contributed by atoms with van der Waals surface area (Å²) in [6, 6.07) is 17.8. The van der Waals surface area contributed by atoms with E-state index < -0.39 is 10.0 Å². The van der Waals surface area contributed by atoms with Crippen LogP contribution in [0.25, 0.3) is 5.65 Å². The number of amides is 1. The second kappa shape index (κ2) is 9.15. The SMILES string of the molecule is CCc1ccc(NC(=O)c2ccc(SCc3cn4ccccc4n3)cc2)cc1S(N)(=O)=O. The van der Waals surface area contributed by atoms with Crippen LogP contribution in [0.3, 0.4) is 0 Å². The number of imidazole rings is 1. The molecule has 2 aromatic carbocycles. The number of aryl methyl sites for hydroxylation is 1. The van der Waals surface area contributed by atoms with Gasteiger partial charge in [0, 0.05) is 34.3 Å². The van der Waals surface area contributed by atoms with Crippen molar-refractivity contribution in [3.05, 3.63) is 89.9 Å². The lowest BCUT2D eigenvalue weighted by atomic mass is 10.1. The van der Waals surface area contributed by atoms with Crippen LogP contribution in [0.1, 0.15) is 28.5 Å². The fraction of sp³-hybridized carbons (Fsp3) is 0.130. The predicted molar refractivity (Wildman–Crippen MR) is 126 cm³/mol. The number of nitrogens with zero attached hydrogens (tertiary/aromatic N) is 2. The average molecular weight is 467 g/mol. The standard InChI is InChI=1S/C23H22N4O3S2/c1-2-16-6-9-18(13-21(16)32(24,29)30)26-23(28)17-7-10-20(11-8-17)31-15-19-14-27-12-4-3-5-22(27)25-19/h3-14H,2,15H2,1H3,(H,26,28)(H2,24,29,30). The summed E-state index contributed by atoms with van der Waals surface area (Å²) in [4.78, 5) is 18.2. The Morgan fingerprint density at radius 3 is 2.59 bits per heavy atom. The van der Waals surface area contributed by atoms with E-state index in [-0.39, 0.29) is 10.8 Å². The Hall–Kier alpha value is -3.14. The second-order valence-corrected chi connectivity index (χ2v) is 9.77. The molecule has 0 bridgehead atoms. The largest absolute Gasteiger partial charge is 0.322 e. The molecule has 0 aliphatic heterocycles.